The molecule has 22 heavy (non-hydrogen) atoms. The first-order valence-corrected chi connectivity index (χ1v) is 9.32. The third-order valence-corrected chi connectivity index (χ3v) is 5.92. The first-order chi connectivity index (χ1) is 10.4. The van der Waals surface area contributed by atoms with Crippen LogP contribution in [0.5, 0.6) is 0 Å². The van der Waals surface area contributed by atoms with Crippen LogP contribution in [-0.2, 0) is 14.8 Å². The highest BCUT2D eigenvalue weighted by atomic mass is 79.9. The number of rotatable bonds is 4. The average molecular weight is 388 g/mol. The van der Waals surface area contributed by atoms with Crippen LogP contribution in [0.25, 0.3) is 0 Å². The molecule has 0 bridgehead atoms. The van der Waals surface area contributed by atoms with Crippen LogP contribution in [-0.4, -0.2) is 36.3 Å². The van der Waals surface area contributed by atoms with Gasteiger partial charge in [-0.25, -0.2) is 13.2 Å². The highest BCUT2D eigenvalue weighted by Crippen LogP contribution is 2.28. The number of carbonyl (C=O) groups excluding carboxylic acids is 1. The Kier molecular flexibility index (Phi) is 5.28. The predicted octanol–water partition coefficient (Wildman–Crippen LogP) is 3.23. The lowest BCUT2D eigenvalue weighted by Gasteiger charge is -2.35. The molecule has 1 aliphatic rings. The summed E-state index contributed by atoms with van der Waals surface area (Å²) < 4.78 is 31.4. The number of nitrogens with zero attached hydrogens (tertiary/aromatic N) is 1. The van der Waals surface area contributed by atoms with Gasteiger partial charge in [0.1, 0.15) is 6.61 Å². The Balaban J connectivity index is 2.46. The minimum atomic E-state index is -3.96. The number of ether oxygens (including phenoxy) is 1. The number of halogens is 1. The summed E-state index contributed by atoms with van der Waals surface area (Å²) in [6.45, 7) is 3.95. The van der Waals surface area contributed by atoms with Gasteiger partial charge in [-0.05, 0) is 25.5 Å². The summed E-state index contributed by atoms with van der Waals surface area (Å²) in [5.74, 6) is 0. The van der Waals surface area contributed by atoms with Gasteiger partial charge in [0.15, 0.2) is 0 Å². The second kappa shape index (κ2) is 6.83. The fourth-order valence-corrected chi connectivity index (χ4v) is 4.33. The van der Waals surface area contributed by atoms with Crippen LogP contribution < -0.4 is 0 Å². The lowest BCUT2D eigenvalue weighted by Crippen LogP contribution is -2.53. The molecule has 0 saturated carbocycles. The molecule has 0 N–H and O–H groups in total. The van der Waals surface area contributed by atoms with E-state index in [2.05, 4.69) is 15.9 Å². The van der Waals surface area contributed by atoms with E-state index in [9.17, 15) is 13.2 Å². The van der Waals surface area contributed by atoms with E-state index < -0.39 is 22.2 Å². The van der Waals surface area contributed by atoms with Gasteiger partial charge in [-0.2, -0.15) is 4.31 Å². The van der Waals surface area contributed by atoms with Crippen LogP contribution in [0.4, 0.5) is 4.79 Å². The average Bonchev–Trinajstić information content (AvgIpc) is 2.48. The summed E-state index contributed by atoms with van der Waals surface area (Å²) >= 11 is 3.39. The normalized spacial score (nSPS) is 22.9. The summed E-state index contributed by atoms with van der Waals surface area (Å²) in [5, 5.41) is 0. The lowest BCUT2D eigenvalue weighted by molar-refractivity contribution is 0.0930. The molecule has 1 aliphatic heterocycles. The zero-order valence-corrected chi connectivity index (χ0v) is 14.8. The number of hydrogen-bond donors (Lipinski definition) is 0. The van der Waals surface area contributed by atoms with E-state index in [1.165, 1.54) is 12.1 Å². The second-order valence-electron chi connectivity index (χ2n) is 5.03. The van der Waals surface area contributed by atoms with Gasteiger partial charge < -0.3 is 4.74 Å². The minimum Gasteiger partial charge on any atom is -0.447 e. The van der Waals surface area contributed by atoms with Gasteiger partial charge in [0, 0.05) is 0 Å². The summed E-state index contributed by atoms with van der Waals surface area (Å²) in [7, 11) is -3.96. The number of carbonyl (C=O) groups is 1. The zero-order chi connectivity index (χ0) is 16.3. The largest absolute Gasteiger partial charge is 0.447 e. The molecule has 120 valence electrons. The van der Waals surface area contributed by atoms with Gasteiger partial charge in [-0.3, -0.25) is 0 Å². The fourth-order valence-electron chi connectivity index (χ4n) is 2.14. The SMILES string of the molecule is CC/C=C/[C@@H]1[C@@H](Br)COC(=O)N1S(=O)(=O)c1ccc(C)cc1. The van der Waals surface area contributed by atoms with Crippen molar-refractivity contribution in [3.63, 3.8) is 0 Å². The summed E-state index contributed by atoms with van der Waals surface area (Å²) in [4.78, 5) is 11.9. The smallest absolute Gasteiger partial charge is 0.424 e. The Labute approximate surface area is 139 Å². The number of allylic oxidation sites excluding steroid dienone is 1. The Hall–Kier alpha value is -1.34. The molecule has 1 fully saturated rings. The molecule has 0 aromatic heterocycles. The highest BCUT2D eigenvalue weighted by Gasteiger charge is 2.42. The standard InChI is InChI=1S/C15H18BrNO4S/c1-3-4-5-14-13(16)10-21-15(18)17(14)22(19,20)12-8-6-11(2)7-9-12/h4-9,13-14H,3,10H2,1-2H3/b5-4+/t13-,14+/m0/s1. The van der Waals surface area contributed by atoms with Gasteiger partial charge in [0.05, 0.1) is 15.8 Å². The molecule has 2 rings (SSSR count). The maximum atomic E-state index is 12.8. The molecule has 1 heterocycles. The lowest BCUT2D eigenvalue weighted by atomic mass is 10.2. The molecular weight excluding hydrogens is 370 g/mol. The Bertz CT molecular complexity index is 669. The van der Waals surface area contributed by atoms with Crippen LogP contribution in [0.15, 0.2) is 41.3 Å². The van der Waals surface area contributed by atoms with Crippen molar-refractivity contribution in [3.8, 4) is 0 Å². The number of benzene rings is 1. The molecule has 1 aromatic rings. The van der Waals surface area contributed by atoms with Crippen molar-refractivity contribution in [2.45, 2.75) is 36.0 Å². The summed E-state index contributed by atoms with van der Waals surface area (Å²) in [5.41, 5.74) is 0.945. The number of sulfonamides is 1. The topological polar surface area (TPSA) is 63.7 Å². The van der Waals surface area contributed by atoms with Crippen LogP contribution in [0.1, 0.15) is 18.9 Å². The molecule has 0 spiro atoms. The Morgan fingerprint density at radius 3 is 2.59 bits per heavy atom. The van der Waals surface area contributed by atoms with E-state index in [0.717, 1.165) is 16.3 Å². The number of cyclic esters (lactones) is 1. The van der Waals surface area contributed by atoms with Crippen molar-refractivity contribution in [1.29, 1.82) is 0 Å². The Morgan fingerprint density at radius 2 is 2.00 bits per heavy atom. The van der Waals surface area contributed by atoms with Crippen molar-refractivity contribution in [1.82, 2.24) is 4.31 Å². The molecule has 5 nitrogen and oxygen atoms in total. The van der Waals surface area contributed by atoms with Crippen molar-refractivity contribution in [2.75, 3.05) is 6.61 Å². The van der Waals surface area contributed by atoms with E-state index in [-0.39, 0.29) is 16.3 Å². The van der Waals surface area contributed by atoms with E-state index in [0.29, 0.717) is 0 Å². The van der Waals surface area contributed by atoms with Crippen LogP contribution in [0.3, 0.4) is 0 Å². The molecule has 1 saturated heterocycles. The maximum Gasteiger partial charge on any atom is 0.424 e. The van der Waals surface area contributed by atoms with Gasteiger partial charge >= 0.3 is 6.09 Å². The van der Waals surface area contributed by atoms with Crippen molar-refractivity contribution >= 4 is 32.0 Å². The first-order valence-electron chi connectivity index (χ1n) is 6.96. The molecule has 2 atom stereocenters. The highest BCUT2D eigenvalue weighted by molar-refractivity contribution is 9.09. The number of alkyl halides is 1. The van der Waals surface area contributed by atoms with E-state index in [4.69, 9.17) is 4.74 Å². The van der Waals surface area contributed by atoms with Crippen LogP contribution in [0, 0.1) is 6.92 Å². The van der Waals surface area contributed by atoms with Crippen LogP contribution in [0.2, 0.25) is 0 Å². The third-order valence-electron chi connectivity index (χ3n) is 3.33. The number of amides is 1. The summed E-state index contributed by atoms with van der Waals surface area (Å²) in [6, 6.07) is 5.79. The van der Waals surface area contributed by atoms with Crippen molar-refractivity contribution < 1.29 is 17.9 Å². The third kappa shape index (κ3) is 3.35. The predicted molar refractivity (Wildman–Crippen MR) is 87.5 cm³/mol. The monoisotopic (exact) mass is 387 g/mol. The van der Waals surface area contributed by atoms with Gasteiger partial charge in [0.2, 0.25) is 0 Å². The minimum absolute atomic E-state index is 0.0755. The first kappa shape index (κ1) is 17.0. The summed E-state index contributed by atoms with van der Waals surface area (Å²) in [6.07, 6.45) is 3.48. The van der Waals surface area contributed by atoms with Crippen molar-refractivity contribution in [2.24, 2.45) is 0 Å². The molecular formula is C15H18BrNO4S. The quantitative estimate of drug-likeness (QED) is 0.587. The fraction of sp³-hybridized carbons (Fsp3) is 0.400. The van der Waals surface area contributed by atoms with Gasteiger partial charge in [-0.1, -0.05) is 52.7 Å². The van der Waals surface area contributed by atoms with E-state index in [1.54, 1.807) is 18.2 Å². The van der Waals surface area contributed by atoms with Gasteiger partial charge in [0.25, 0.3) is 10.0 Å². The zero-order valence-electron chi connectivity index (χ0n) is 12.4. The van der Waals surface area contributed by atoms with E-state index >= 15 is 0 Å². The van der Waals surface area contributed by atoms with Gasteiger partial charge in [-0.15, -0.1) is 0 Å². The maximum absolute atomic E-state index is 12.8. The Morgan fingerprint density at radius 1 is 1.36 bits per heavy atom. The molecule has 7 heteroatoms. The second-order valence-corrected chi connectivity index (χ2v) is 8.02. The molecule has 0 unspecified atom stereocenters. The molecule has 1 amide bonds. The molecule has 0 radical (unpaired) electrons. The molecule has 0 aliphatic carbocycles. The number of hydrogen-bond acceptors (Lipinski definition) is 4. The van der Waals surface area contributed by atoms with Crippen LogP contribution >= 0.6 is 15.9 Å². The number of aryl methyl sites for hydroxylation is 1. The van der Waals surface area contributed by atoms with Crippen molar-refractivity contribution in [3.05, 3.63) is 42.0 Å². The molecule has 1 aromatic carbocycles. The van der Waals surface area contributed by atoms with E-state index in [1.807, 2.05) is 19.9 Å².